The summed E-state index contributed by atoms with van der Waals surface area (Å²) in [5.74, 6) is -0.326. The summed E-state index contributed by atoms with van der Waals surface area (Å²) >= 11 is 1.47. The summed E-state index contributed by atoms with van der Waals surface area (Å²) in [5.41, 5.74) is 13.0. The van der Waals surface area contributed by atoms with Crippen LogP contribution in [0.25, 0.3) is 0 Å². The van der Waals surface area contributed by atoms with Crippen molar-refractivity contribution >= 4 is 39.8 Å². The molecule has 0 aliphatic rings. The molecule has 0 spiro atoms. The third-order valence-corrected chi connectivity index (χ3v) is 6.26. The Hall–Kier alpha value is -2.92. The summed E-state index contributed by atoms with van der Waals surface area (Å²) < 4.78 is 16.1. The Morgan fingerprint density at radius 1 is 1.23 bits per heavy atom. The largest absolute Gasteiger partial charge is 0.384 e. The lowest BCUT2D eigenvalue weighted by molar-refractivity contribution is -0.114. The number of hydrogen-bond acceptors (Lipinski definition) is 6. The predicted octanol–water partition coefficient (Wildman–Crippen LogP) is 1.92. The molecular formula is C20H22N6O2S2. The van der Waals surface area contributed by atoms with E-state index in [0.717, 1.165) is 10.6 Å². The van der Waals surface area contributed by atoms with Crippen LogP contribution in [-0.2, 0) is 22.2 Å². The first-order valence-electron chi connectivity index (χ1n) is 9.07. The number of amides is 1. The second kappa shape index (κ2) is 10.2. The highest BCUT2D eigenvalue weighted by molar-refractivity contribution is 7.83. The zero-order valence-electron chi connectivity index (χ0n) is 16.0. The van der Waals surface area contributed by atoms with E-state index in [4.69, 9.17) is 16.9 Å². The summed E-state index contributed by atoms with van der Waals surface area (Å²) in [4.78, 5) is 16.4. The average molecular weight is 443 g/mol. The third-order valence-electron chi connectivity index (χ3n) is 4.19. The number of rotatable bonds is 9. The maximum atomic E-state index is 13.0. The molecule has 0 aliphatic heterocycles. The van der Waals surface area contributed by atoms with Crippen LogP contribution in [0.5, 0.6) is 0 Å². The van der Waals surface area contributed by atoms with Crippen LogP contribution in [0.3, 0.4) is 0 Å². The molecule has 156 valence electrons. The molecule has 2 atom stereocenters. The van der Waals surface area contributed by atoms with Crippen molar-refractivity contribution in [3.05, 3.63) is 76.2 Å². The molecule has 0 fully saturated rings. The molecule has 0 saturated heterocycles. The Bertz CT molecular complexity index is 1050. The van der Waals surface area contributed by atoms with Gasteiger partial charge in [0.1, 0.15) is 21.8 Å². The number of anilines is 1. The fourth-order valence-corrected chi connectivity index (χ4v) is 4.58. The minimum Gasteiger partial charge on any atom is -0.384 e. The van der Waals surface area contributed by atoms with Gasteiger partial charge in [0.05, 0.1) is 17.5 Å². The monoisotopic (exact) mass is 442 g/mol. The van der Waals surface area contributed by atoms with Gasteiger partial charge in [-0.1, -0.05) is 24.3 Å². The van der Waals surface area contributed by atoms with Crippen molar-refractivity contribution in [2.45, 2.75) is 17.4 Å². The smallest absolute Gasteiger partial charge is 0.238 e. The van der Waals surface area contributed by atoms with E-state index in [-0.39, 0.29) is 24.3 Å². The summed E-state index contributed by atoms with van der Waals surface area (Å²) in [6.45, 7) is -0.128. The number of amidine groups is 1. The molecule has 30 heavy (non-hydrogen) atoms. The molecule has 10 heteroatoms. The molecule has 0 radical (unpaired) electrons. The van der Waals surface area contributed by atoms with E-state index < -0.39 is 11.0 Å². The van der Waals surface area contributed by atoms with Gasteiger partial charge in [-0.05, 0) is 36.2 Å². The topological polar surface area (TPSA) is 147 Å². The van der Waals surface area contributed by atoms with Gasteiger partial charge < -0.3 is 16.8 Å². The Morgan fingerprint density at radius 2 is 2.03 bits per heavy atom. The van der Waals surface area contributed by atoms with E-state index in [9.17, 15) is 9.00 Å². The molecule has 0 bridgehead atoms. The fourth-order valence-electron chi connectivity index (χ4n) is 2.79. The van der Waals surface area contributed by atoms with Crippen molar-refractivity contribution in [3.8, 4) is 0 Å². The molecule has 0 aliphatic carbocycles. The lowest BCUT2D eigenvalue weighted by atomic mass is 10.0. The molecule has 1 amide bonds. The highest BCUT2D eigenvalue weighted by Crippen LogP contribution is 2.23. The first-order valence-corrected chi connectivity index (χ1v) is 11.1. The summed E-state index contributed by atoms with van der Waals surface area (Å²) in [6, 6.07) is 13.9. The molecule has 1 aromatic heterocycles. The number of aromatic nitrogens is 1. The van der Waals surface area contributed by atoms with Gasteiger partial charge in [-0.25, -0.2) is 13.9 Å². The van der Waals surface area contributed by atoms with Crippen molar-refractivity contribution in [2.75, 3.05) is 11.9 Å². The van der Waals surface area contributed by atoms with E-state index >= 15 is 0 Å². The summed E-state index contributed by atoms with van der Waals surface area (Å²) in [6.07, 6.45) is 2.22. The molecule has 0 saturated carbocycles. The van der Waals surface area contributed by atoms with Gasteiger partial charge in [-0.15, -0.1) is 11.3 Å². The van der Waals surface area contributed by atoms with E-state index in [2.05, 4.69) is 15.0 Å². The van der Waals surface area contributed by atoms with Crippen molar-refractivity contribution in [3.63, 3.8) is 0 Å². The van der Waals surface area contributed by atoms with Crippen LogP contribution in [0.15, 0.2) is 65.0 Å². The van der Waals surface area contributed by atoms with Gasteiger partial charge >= 0.3 is 0 Å². The number of carbonyl (C=O) groups is 1. The number of nitrogens with zero attached hydrogens (tertiary/aromatic N) is 1. The molecule has 1 heterocycles. The molecule has 7 N–H and O–H groups in total. The van der Waals surface area contributed by atoms with Crippen LogP contribution in [0.1, 0.15) is 22.2 Å². The number of thiazole rings is 1. The van der Waals surface area contributed by atoms with Gasteiger partial charge in [-0.2, -0.15) is 0 Å². The highest BCUT2D eigenvalue weighted by atomic mass is 32.2. The second-order valence-corrected chi connectivity index (χ2v) is 8.58. The van der Waals surface area contributed by atoms with Gasteiger partial charge in [0.15, 0.2) is 0 Å². The second-order valence-electron chi connectivity index (χ2n) is 6.41. The maximum absolute atomic E-state index is 13.0. The predicted molar refractivity (Wildman–Crippen MR) is 120 cm³/mol. The quantitative estimate of drug-likeness (QED) is 0.254. The minimum atomic E-state index is -1.55. The van der Waals surface area contributed by atoms with Crippen molar-refractivity contribution in [2.24, 2.45) is 11.5 Å². The van der Waals surface area contributed by atoms with Crippen LogP contribution >= 0.6 is 11.3 Å². The Balaban J connectivity index is 1.80. The van der Waals surface area contributed by atoms with Crippen LogP contribution in [0.4, 0.5) is 5.69 Å². The zero-order chi connectivity index (χ0) is 21.5. The fraction of sp³-hybridized carbons (Fsp3) is 0.150. The molecule has 3 aromatic rings. The average Bonchev–Trinajstić information content (AvgIpc) is 3.28. The standard InChI is InChI=1S/C20H22N6O2S2/c21-12-18(27)25-15-5-2-6-16(11-15)30(28)26-17(20-24-7-8-29-20)10-13-3-1-4-14(9-13)19(22)23/h1-9,11,17,26H,10,12,21H2,(H3,22,23)(H,25,27). The Morgan fingerprint density at radius 3 is 2.73 bits per heavy atom. The van der Waals surface area contributed by atoms with Gasteiger partial charge in [-0.3, -0.25) is 10.2 Å². The van der Waals surface area contributed by atoms with E-state index in [1.165, 1.54) is 11.3 Å². The molecular weight excluding hydrogens is 420 g/mol. The first kappa shape index (κ1) is 21.8. The van der Waals surface area contributed by atoms with Crippen molar-refractivity contribution in [1.82, 2.24) is 9.71 Å². The van der Waals surface area contributed by atoms with Gasteiger partial charge in [0.25, 0.3) is 0 Å². The van der Waals surface area contributed by atoms with Crippen LogP contribution in [0.2, 0.25) is 0 Å². The van der Waals surface area contributed by atoms with Crippen molar-refractivity contribution < 1.29 is 9.00 Å². The van der Waals surface area contributed by atoms with E-state index in [0.29, 0.717) is 22.6 Å². The highest BCUT2D eigenvalue weighted by Gasteiger charge is 2.19. The number of benzene rings is 2. The number of nitrogens with two attached hydrogens (primary N) is 2. The van der Waals surface area contributed by atoms with Crippen LogP contribution in [0, 0.1) is 5.41 Å². The summed E-state index contributed by atoms with van der Waals surface area (Å²) in [5, 5.41) is 12.9. The SMILES string of the molecule is N=C(N)c1cccc(CC(NS(=O)c2cccc(NC(=O)CN)c2)c2nccs2)c1. The molecule has 8 nitrogen and oxygen atoms in total. The minimum absolute atomic E-state index is 0.00414. The van der Waals surface area contributed by atoms with Crippen LogP contribution < -0.4 is 21.5 Å². The normalized spacial score (nSPS) is 12.8. The summed E-state index contributed by atoms with van der Waals surface area (Å²) in [7, 11) is -1.55. The molecule has 2 unspecified atom stereocenters. The number of nitrogen functional groups attached to an aromatic ring is 1. The molecule has 2 aromatic carbocycles. The number of hydrogen-bond donors (Lipinski definition) is 5. The lowest BCUT2D eigenvalue weighted by Crippen LogP contribution is -2.26. The van der Waals surface area contributed by atoms with Crippen molar-refractivity contribution in [1.29, 1.82) is 5.41 Å². The van der Waals surface area contributed by atoms with Gasteiger partial charge in [0, 0.05) is 22.8 Å². The Kier molecular flexibility index (Phi) is 7.41. The van der Waals surface area contributed by atoms with E-state index in [1.807, 2.05) is 23.6 Å². The number of carbonyl (C=O) groups excluding carboxylic acids is 1. The van der Waals surface area contributed by atoms with E-state index in [1.54, 1.807) is 36.5 Å². The van der Waals surface area contributed by atoms with Crippen LogP contribution in [-0.4, -0.2) is 27.5 Å². The zero-order valence-corrected chi connectivity index (χ0v) is 17.6. The first-order chi connectivity index (χ1) is 14.5. The Labute approximate surface area is 180 Å². The van der Waals surface area contributed by atoms with Gasteiger partial charge in [0.2, 0.25) is 5.91 Å². The number of nitrogens with one attached hydrogen (secondary N) is 3. The maximum Gasteiger partial charge on any atom is 0.238 e. The molecule has 3 rings (SSSR count). The third kappa shape index (κ3) is 5.80. The lowest BCUT2D eigenvalue weighted by Gasteiger charge is -2.17.